The molecular formula is C21H29IO2. The number of rotatable bonds is 5. The third-order valence-corrected chi connectivity index (χ3v) is 7.51. The number of hydrogen-bond donors (Lipinski definition) is 0. The van der Waals surface area contributed by atoms with E-state index in [1.165, 1.54) is 31.2 Å². The molecule has 2 saturated carbocycles. The third-order valence-electron chi connectivity index (χ3n) is 5.91. The predicted molar refractivity (Wildman–Crippen MR) is 107 cm³/mol. The van der Waals surface area contributed by atoms with Crippen LogP contribution in [0.25, 0.3) is 0 Å². The molecule has 132 valence electrons. The molecule has 0 saturated heterocycles. The van der Waals surface area contributed by atoms with Crippen LogP contribution in [0.15, 0.2) is 24.3 Å². The highest BCUT2D eigenvalue weighted by atomic mass is 127. The predicted octanol–water partition coefficient (Wildman–Crippen LogP) is 6.33. The van der Waals surface area contributed by atoms with E-state index in [4.69, 9.17) is 4.74 Å². The van der Waals surface area contributed by atoms with Crippen molar-refractivity contribution in [3.8, 4) is 0 Å². The number of carbonyl (C=O) groups is 1. The number of carbonyl (C=O) groups excluding carboxylic acids is 1. The lowest BCUT2D eigenvalue weighted by Gasteiger charge is -2.42. The molecule has 0 heterocycles. The Morgan fingerprint density at radius 2 is 1.71 bits per heavy atom. The fraction of sp³-hybridized carbons (Fsp3) is 0.667. The van der Waals surface area contributed by atoms with Gasteiger partial charge in [-0.15, -0.1) is 0 Å². The Labute approximate surface area is 159 Å². The minimum atomic E-state index is -0.139. The summed E-state index contributed by atoms with van der Waals surface area (Å²) in [5.74, 6) is 2.30. The highest BCUT2D eigenvalue weighted by Crippen LogP contribution is 2.44. The van der Waals surface area contributed by atoms with E-state index in [2.05, 4.69) is 48.6 Å². The van der Waals surface area contributed by atoms with Crippen LogP contribution in [0.5, 0.6) is 0 Å². The van der Waals surface area contributed by atoms with E-state index in [0.717, 1.165) is 37.0 Å². The van der Waals surface area contributed by atoms with Gasteiger partial charge in [-0.05, 0) is 74.0 Å². The van der Waals surface area contributed by atoms with Gasteiger partial charge in [0.2, 0.25) is 0 Å². The molecule has 3 atom stereocenters. The zero-order valence-electron chi connectivity index (χ0n) is 14.8. The first-order valence-corrected chi connectivity index (χ1v) is 10.8. The standard InChI is InChI=1S/C21H29IO2/c1-3-14-9-15-11-16(10-14)13-19(12-15)24-21(23)18-7-5-17(6-8-18)20(22)4-2/h5-8,14-16,19-20H,3-4,9-13H2,1-2H3. The minimum absolute atomic E-state index is 0.131. The Bertz CT molecular complexity index is 539. The van der Waals surface area contributed by atoms with E-state index < -0.39 is 0 Å². The maximum Gasteiger partial charge on any atom is 0.338 e. The summed E-state index contributed by atoms with van der Waals surface area (Å²) in [4.78, 5) is 12.5. The summed E-state index contributed by atoms with van der Waals surface area (Å²) < 4.78 is 6.38. The van der Waals surface area contributed by atoms with Gasteiger partial charge in [-0.3, -0.25) is 0 Å². The molecular weight excluding hydrogens is 411 g/mol. The molecule has 0 amide bonds. The maximum absolute atomic E-state index is 12.5. The number of esters is 1. The highest BCUT2D eigenvalue weighted by Gasteiger charge is 2.37. The van der Waals surface area contributed by atoms with E-state index in [1.807, 2.05) is 12.1 Å². The van der Waals surface area contributed by atoms with Crippen LogP contribution in [-0.4, -0.2) is 12.1 Å². The van der Waals surface area contributed by atoms with Gasteiger partial charge in [0.1, 0.15) is 6.10 Å². The number of alkyl halides is 1. The van der Waals surface area contributed by atoms with Gasteiger partial charge in [-0.2, -0.15) is 0 Å². The SMILES string of the molecule is CCC1CC2CC(C1)CC(OC(=O)c1ccc(C(I)CC)cc1)C2. The summed E-state index contributed by atoms with van der Waals surface area (Å²) in [6.45, 7) is 4.49. The molecule has 1 aromatic rings. The molecule has 2 bridgehead atoms. The fourth-order valence-corrected chi connectivity index (χ4v) is 5.06. The summed E-state index contributed by atoms with van der Waals surface area (Å²) in [5.41, 5.74) is 1.98. The first-order valence-electron chi connectivity index (χ1n) is 9.54. The van der Waals surface area contributed by atoms with E-state index in [1.54, 1.807) is 0 Å². The summed E-state index contributed by atoms with van der Waals surface area (Å²) >= 11 is 2.45. The Hall–Kier alpha value is -0.580. The Kier molecular flexibility index (Phi) is 6.22. The van der Waals surface area contributed by atoms with Gasteiger partial charge in [0, 0.05) is 3.92 Å². The van der Waals surface area contributed by atoms with Crippen molar-refractivity contribution in [3.05, 3.63) is 35.4 Å². The molecule has 24 heavy (non-hydrogen) atoms. The van der Waals surface area contributed by atoms with Crippen molar-refractivity contribution in [1.29, 1.82) is 0 Å². The summed E-state index contributed by atoms with van der Waals surface area (Å²) in [5, 5.41) is 0. The number of fused-ring (bicyclic) bond motifs is 2. The highest BCUT2D eigenvalue weighted by molar-refractivity contribution is 14.1. The first-order chi connectivity index (χ1) is 11.6. The van der Waals surface area contributed by atoms with Gasteiger partial charge >= 0.3 is 5.97 Å². The Balaban J connectivity index is 1.57. The van der Waals surface area contributed by atoms with Crippen molar-refractivity contribution in [3.63, 3.8) is 0 Å². The van der Waals surface area contributed by atoms with Crippen molar-refractivity contribution in [2.24, 2.45) is 17.8 Å². The van der Waals surface area contributed by atoms with Crippen LogP contribution in [-0.2, 0) is 4.74 Å². The molecule has 0 aromatic heterocycles. The van der Waals surface area contributed by atoms with Gasteiger partial charge in [0.25, 0.3) is 0 Å². The van der Waals surface area contributed by atoms with Crippen LogP contribution in [0.2, 0.25) is 0 Å². The quantitative estimate of drug-likeness (QED) is 0.304. The van der Waals surface area contributed by atoms with Gasteiger partial charge in [-0.1, -0.05) is 55.0 Å². The first kappa shape index (κ1) is 18.2. The van der Waals surface area contributed by atoms with E-state index >= 15 is 0 Å². The van der Waals surface area contributed by atoms with Gasteiger partial charge in [0.15, 0.2) is 0 Å². The summed E-state index contributed by atoms with van der Waals surface area (Å²) in [6.07, 6.45) is 8.71. The van der Waals surface area contributed by atoms with E-state index in [0.29, 0.717) is 9.49 Å². The monoisotopic (exact) mass is 440 g/mol. The zero-order valence-corrected chi connectivity index (χ0v) is 17.0. The summed E-state index contributed by atoms with van der Waals surface area (Å²) in [6, 6.07) is 7.99. The average Bonchev–Trinajstić information content (AvgIpc) is 2.60. The average molecular weight is 440 g/mol. The molecule has 0 radical (unpaired) electrons. The Morgan fingerprint density at radius 3 is 2.25 bits per heavy atom. The van der Waals surface area contributed by atoms with Crippen LogP contribution in [0.4, 0.5) is 0 Å². The molecule has 0 aliphatic heterocycles. The maximum atomic E-state index is 12.5. The van der Waals surface area contributed by atoms with Gasteiger partial charge in [0.05, 0.1) is 5.56 Å². The van der Waals surface area contributed by atoms with E-state index in [9.17, 15) is 4.79 Å². The molecule has 2 aliphatic rings. The molecule has 3 unspecified atom stereocenters. The second-order valence-electron chi connectivity index (χ2n) is 7.71. The van der Waals surface area contributed by atoms with Crippen molar-refractivity contribution in [1.82, 2.24) is 0 Å². The van der Waals surface area contributed by atoms with Crippen LogP contribution < -0.4 is 0 Å². The molecule has 3 heteroatoms. The second-order valence-corrected chi connectivity index (χ2v) is 9.21. The van der Waals surface area contributed by atoms with E-state index in [-0.39, 0.29) is 12.1 Å². The van der Waals surface area contributed by atoms with Crippen LogP contribution in [0.1, 0.15) is 78.6 Å². The smallest absolute Gasteiger partial charge is 0.338 e. The largest absolute Gasteiger partial charge is 0.459 e. The van der Waals surface area contributed by atoms with Crippen molar-refractivity contribution in [2.75, 3.05) is 0 Å². The lowest BCUT2D eigenvalue weighted by Crippen LogP contribution is -2.35. The second kappa shape index (κ2) is 8.20. The molecule has 2 nitrogen and oxygen atoms in total. The van der Waals surface area contributed by atoms with Gasteiger partial charge in [-0.25, -0.2) is 4.79 Å². The molecule has 0 N–H and O–H groups in total. The van der Waals surface area contributed by atoms with Crippen molar-refractivity contribution < 1.29 is 9.53 Å². The molecule has 3 rings (SSSR count). The zero-order chi connectivity index (χ0) is 17.1. The number of ether oxygens (including phenoxy) is 1. The lowest BCUT2D eigenvalue weighted by atomic mass is 9.66. The topological polar surface area (TPSA) is 26.3 Å². The number of halogens is 1. The van der Waals surface area contributed by atoms with Crippen LogP contribution in [0.3, 0.4) is 0 Å². The Morgan fingerprint density at radius 1 is 1.08 bits per heavy atom. The number of benzene rings is 1. The van der Waals surface area contributed by atoms with Crippen molar-refractivity contribution >= 4 is 28.6 Å². The third kappa shape index (κ3) is 4.33. The number of hydrogen-bond acceptors (Lipinski definition) is 2. The van der Waals surface area contributed by atoms with Crippen LogP contribution in [0, 0.1) is 17.8 Å². The molecule has 2 fully saturated rings. The normalized spacial score (nSPS) is 30.6. The lowest BCUT2D eigenvalue weighted by molar-refractivity contribution is -0.0115. The fourth-order valence-electron chi connectivity index (χ4n) is 4.64. The molecule has 2 aliphatic carbocycles. The van der Waals surface area contributed by atoms with Crippen molar-refractivity contribution in [2.45, 2.75) is 68.8 Å². The molecule has 0 spiro atoms. The van der Waals surface area contributed by atoms with Crippen LogP contribution >= 0.6 is 22.6 Å². The summed E-state index contributed by atoms with van der Waals surface area (Å²) in [7, 11) is 0. The minimum Gasteiger partial charge on any atom is -0.459 e. The molecule has 1 aromatic carbocycles. The van der Waals surface area contributed by atoms with Gasteiger partial charge < -0.3 is 4.74 Å².